The minimum Gasteiger partial charge on any atom is -0.756 e. The van der Waals surface area contributed by atoms with Gasteiger partial charge in [0.1, 0.15) is 19.3 Å². The molecule has 0 aromatic heterocycles. The van der Waals surface area contributed by atoms with Gasteiger partial charge < -0.3 is 28.5 Å². The third-order valence-electron chi connectivity index (χ3n) is 13.6. The number of unbranched alkanes of at least 4 members (excludes halogenated alkanes) is 37. The molecule has 9 nitrogen and oxygen atoms in total. The highest BCUT2D eigenvalue weighted by Crippen LogP contribution is 2.38. The first-order chi connectivity index (χ1) is 33.9. The van der Waals surface area contributed by atoms with E-state index in [4.69, 9.17) is 13.8 Å². The van der Waals surface area contributed by atoms with Crippen molar-refractivity contribution >= 4 is 19.7 Å². The van der Waals surface area contributed by atoms with Gasteiger partial charge in [-0.1, -0.05) is 251 Å². The molecule has 3 atom stereocenters. The second-order valence-electron chi connectivity index (χ2n) is 21.9. The number of nitrogens with zero attached hydrogens (tertiary/aromatic N) is 1. The smallest absolute Gasteiger partial charge is 0.306 e. The molecule has 0 saturated heterocycles. The normalized spacial score (nSPS) is 13.9. The van der Waals surface area contributed by atoms with Gasteiger partial charge >= 0.3 is 5.97 Å². The summed E-state index contributed by atoms with van der Waals surface area (Å²) in [5.74, 6) is -0.536. The highest BCUT2D eigenvalue weighted by molar-refractivity contribution is 7.45. The van der Waals surface area contributed by atoms with Gasteiger partial charge in [0.2, 0.25) is 5.91 Å². The lowest BCUT2D eigenvalue weighted by atomic mass is 10.0. The molecule has 0 fully saturated rings. The molecule has 0 aliphatic carbocycles. The molecule has 414 valence electrons. The first kappa shape index (κ1) is 68.5. The van der Waals surface area contributed by atoms with Crippen LogP contribution in [0.25, 0.3) is 0 Å². The maximum Gasteiger partial charge on any atom is 0.306 e. The monoisotopic (exact) mass is 1010 g/mol. The highest BCUT2D eigenvalue weighted by Gasteiger charge is 2.27. The van der Waals surface area contributed by atoms with Crippen molar-refractivity contribution in [3.8, 4) is 0 Å². The molecule has 0 heterocycles. The van der Waals surface area contributed by atoms with E-state index in [1.807, 2.05) is 33.3 Å². The van der Waals surface area contributed by atoms with E-state index >= 15 is 0 Å². The Balaban J connectivity index is 5.32. The lowest BCUT2D eigenvalue weighted by Crippen LogP contribution is -2.47. The van der Waals surface area contributed by atoms with Gasteiger partial charge in [0.25, 0.3) is 7.82 Å². The van der Waals surface area contributed by atoms with Crippen molar-refractivity contribution in [2.75, 3.05) is 40.9 Å². The number of carbonyl (C=O) groups excluding carboxylic acids is 2. The van der Waals surface area contributed by atoms with Crippen LogP contribution in [0.4, 0.5) is 0 Å². The summed E-state index contributed by atoms with van der Waals surface area (Å²) in [5, 5.41) is 3.03. The number of hydrogen-bond donors (Lipinski definition) is 1. The largest absolute Gasteiger partial charge is 0.756 e. The van der Waals surface area contributed by atoms with E-state index in [1.54, 1.807) is 0 Å². The number of amides is 1. The van der Waals surface area contributed by atoms with Gasteiger partial charge in [-0.2, -0.15) is 0 Å². The number of carbonyl (C=O) groups is 2. The van der Waals surface area contributed by atoms with Crippen LogP contribution in [0.3, 0.4) is 0 Å². The first-order valence-electron chi connectivity index (χ1n) is 30.1. The van der Waals surface area contributed by atoms with Crippen LogP contribution in [0.2, 0.25) is 0 Å². The fourth-order valence-corrected chi connectivity index (χ4v) is 9.65. The molecule has 0 aliphatic heterocycles. The van der Waals surface area contributed by atoms with E-state index < -0.39 is 20.0 Å². The van der Waals surface area contributed by atoms with Crippen molar-refractivity contribution in [2.24, 2.45) is 0 Å². The van der Waals surface area contributed by atoms with Gasteiger partial charge in [0.15, 0.2) is 0 Å². The molecule has 3 unspecified atom stereocenters. The van der Waals surface area contributed by atoms with Gasteiger partial charge in [-0.05, 0) is 57.4 Å². The van der Waals surface area contributed by atoms with E-state index in [2.05, 4.69) is 38.2 Å². The summed E-state index contributed by atoms with van der Waals surface area (Å²) in [4.78, 5) is 39.9. The van der Waals surface area contributed by atoms with Gasteiger partial charge in [0, 0.05) is 12.8 Å². The number of hydrogen-bond acceptors (Lipinski definition) is 7. The highest BCUT2D eigenvalue weighted by atomic mass is 31.2. The predicted octanol–water partition coefficient (Wildman–Crippen LogP) is 17.5. The van der Waals surface area contributed by atoms with Crippen molar-refractivity contribution in [3.05, 3.63) is 24.3 Å². The standard InChI is InChI=1S/C60H117N2O7P/c1-7-10-13-16-19-22-25-28-30-32-34-37-40-43-46-49-52-59(63)61-57(56-68-70(65,66)67-55-54-62(4,5)6)58(51-48-45-42-39-36-33-27-24-21-18-15-12-9-3)69-60(64)53-50-47-44-41-38-35-31-29-26-23-20-17-14-11-8-2/h30,32,48,51,57-58H,7-29,31,33-47,49-50,52-56H2,1-6H3,(H-,61,63,65,66)/b32-30+,51-48+. The van der Waals surface area contributed by atoms with Crippen molar-refractivity contribution in [1.82, 2.24) is 5.32 Å². The lowest BCUT2D eigenvalue weighted by molar-refractivity contribution is -0.870. The van der Waals surface area contributed by atoms with Gasteiger partial charge in [-0.15, -0.1) is 0 Å². The minimum absolute atomic E-state index is 0.0205. The lowest BCUT2D eigenvalue weighted by Gasteiger charge is -2.30. The van der Waals surface area contributed by atoms with Crippen molar-refractivity contribution in [2.45, 2.75) is 309 Å². The quantitative estimate of drug-likeness (QED) is 0.0212. The number of nitrogens with one attached hydrogen (secondary N) is 1. The first-order valence-corrected chi connectivity index (χ1v) is 31.6. The number of ether oxygens (including phenoxy) is 1. The van der Waals surface area contributed by atoms with Crippen LogP contribution in [-0.2, 0) is 27.9 Å². The minimum atomic E-state index is -4.69. The zero-order valence-electron chi connectivity index (χ0n) is 47.2. The average molecular weight is 1010 g/mol. The molecule has 1 N–H and O–H groups in total. The molecule has 0 bridgehead atoms. The average Bonchev–Trinajstić information content (AvgIpc) is 3.32. The fourth-order valence-electron chi connectivity index (χ4n) is 8.93. The van der Waals surface area contributed by atoms with Crippen LogP contribution in [-0.4, -0.2) is 69.4 Å². The summed E-state index contributed by atoms with van der Waals surface area (Å²) in [6.45, 7) is 6.87. The molecule has 0 saturated carbocycles. The van der Waals surface area contributed by atoms with Crippen LogP contribution >= 0.6 is 7.82 Å². The molecule has 0 aliphatic rings. The van der Waals surface area contributed by atoms with E-state index in [1.165, 1.54) is 186 Å². The summed E-state index contributed by atoms with van der Waals surface area (Å²) in [7, 11) is 1.19. The molecule has 0 aromatic rings. The number of phosphoric ester groups is 1. The van der Waals surface area contributed by atoms with E-state index in [9.17, 15) is 19.0 Å². The molecule has 1 amide bonds. The van der Waals surface area contributed by atoms with E-state index in [0.29, 0.717) is 17.4 Å². The van der Waals surface area contributed by atoms with Crippen LogP contribution < -0.4 is 10.2 Å². The molecule has 0 rings (SSSR count). The maximum atomic E-state index is 13.5. The van der Waals surface area contributed by atoms with Crippen molar-refractivity contribution in [1.29, 1.82) is 0 Å². The molecular weight excluding hydrogens is 892 g/mol. The molecule has 0 aromatic carbocycles. The SMILES string of the molecule is CCCCCCCCC/C=C/CCCCCCCC(=O)NC(COP(=O)([O-])OCC[N+](C)(C)C)C(/C=C/CCCCCCCCCCCCC)OC(=O)CCCCCCCCCCCCCCCCC. The predicted molar refractivity (Wildman–Crippen MR) is 298 cm³/mol. The number of allylic oxidation sites excluding steroid dienone is 3. The Morgan fingerprint density at radius 1 is 0.486 bits per heavy atom. The summed E-state index contributed by atoms with van der Waals surface area (Å²) < 4.78 is 30.3. The van der Waals surface area contributed by atoms with Gasteiger partial charge in [0.05, 0.1) is 33.8 Å². The Hall–Kier alpha value is -1.51. The van der Waals surface area contributed by atoms with Crippen molar-refractivity contribution < 1.29 is 37.3 Å². The number of likely N-dealkylation sites (N-methyl/N-ethyl adjacent to an activating group) is 1. The number of esters is 1. The Bertz CT molecular complexity index is 1250. The molecule has 70 heavy (non-hydrogen) atoms. The van der Waals surface area contributed by atoms with E-state index in [0.717, 1.165) is 77.0 Å². The number of phosphoric acid groups is 1. The number of rotatable bonds is 55. The molecule has 0 radical (unpaired) electrons. The summed E-state index contributed by atoms with van der Waals surface area (Å²) in [6.07, 6.45) is 58.5. The van der Waals surface area contributed by atoms with Crippen LogP contribution in [0.5, 0.6) is 0 Å². The third kappa shape index (κ3) is 51.4. The van der Waals surface area contributed by atoms with Gasteiger partial charge in [-0.3, -0.25) is 14.2 Å². The zero-order valence-corrected chi connectivity index (χ0v) is 48.1. The molecule has 10 heteroatoms. The van der Waals surface area contributed by atoms with E-state index in [-0.39, 0.29) is 31.5 Å². The summed E-state index contributed by atoms with van der Waals surface area (Å²) in [6, 6.07) is -0.886. The second-order valence-corrected chi connectivity index (χ2v) is 23.3. The zero-order chi connectivity index (χ0) is 51.5. The Kier molecular flexibility index (Phi) is 49.9. The maximum absolute atomic E-state index is 13.5. The third-order valence-corrected chi connectivity index (χ3v) is 14.6. The van der Waals surface area contributed by atoms with Crippen LogP contribution in [0.1, 0.15) is 297 Å². The number of quaternary nitrogens is 1. The second kappa shape index (κ2) is 51.0. The molecule has 0 spiro atoms. The molecular formula is C60H117N2O7P. The van der Waals surface area contributed by atoms with Crippen LogP contribution in [0.15, 0.2) is 24.3 Å². The van der Waals surface area contributed by atoms with Gasteiger partial charge in [-0.25, -0.2) is 0 Å². The Labute approximate surface area is 434 Å². The topological polar surface area (TPSA) is 114 Å². The summed E-state index contributed by atoms with van der Waals surface area (Å²) in [5.41, 5.74) is 0. The Morgan fingerprint density at radius 3 is 1.21 bits per heavy atom. The van der Waals surface area contributed by atoms with Crippen LogP contribution in [0, 0.1) is 0 Å². The van der Waals surface area contributed by atoms with Crippen molar-refractivity contribution in [3.63, 3.8) is 0 Å². The fraction of sp³-hybridized carbons (Fsp3) is 0.900. The Morgan fingerprint density at radius 2 is 0.829 bits per heavy atom. The summed E-state index contributed by atoms with van der Waals surface area (Å²) >= 11 is 0.